The number of nitrogens with zero attached hydrogens (tertiary/aromatic N) is 1. The molecule has 0 aliphatic rings. The van der Waals surface area contributed by atoms with Crippen LogP contribution in [0.3, 0.4) is 0 Å². The molecule has 0 spiro atoms. The smallest absolute Gasteiger partial charge is 0.242 e. The highest BCUT2D eigenvalue weighted by Crippen LogP contribution is 2.52. The molecule has 0 bridgehead atoms. The van der Waals surface area contributed by atoms with Gasteiger partial charge in [0, 0.05) is 0 Å². The Hall–Kier alpha value is 0.0300. The van der Waals surface area contributed by atoms with Crippen LogP contribution in [0.15, 0.2) is 24.3 Å². The number of fused-ring (bicyclic) bond motifs is 1. The van der Waals surface area contributed by atoms with Crippen LogP contribution >= 0.6 is 28.4 Å². The average molecular weight is 277 g/mol. The van der Waals surface area contributed by atoms with Gasteiger partial charge in [0.1, 0.15) is 5.01 Å². The summed E-state index contributed by atoms with van der Waals surface area (Å²) >= 11 is 7.07. The van der Waals surface area contributed by atoms with Gasteiger partial charge in [0.15, 0.2) is 0 Å². The fraction of sp³-hybridized carbons (Fsp3) is 0.125. The number of aromatic nitrogens is 1. The first-order valence-corrected chi connectivity index (χ1v) is 9.21. The standard InChI is InChI=1S/C8H8NO2PS3/c10-12(11,13)14-5-8-9-6-3-1-2-4-7(6)15-8/h1-4H,5H2,(H2,10,11,13). The molecule has 0 aliphatic carbocycles. The molecule has 1 aromatic heterocycles. The molecule has 0 radical (unpaired) electrons. The molecule has 0 atom stereocenters. The first kappa shape index (κ1) is 11.5. The summed E-state index contributed by atoms with van der Waals surface area (Å²) in [5.74, 6) is 0.462. The fourth-order valence-corrected chi connectivity index (χ4v) is 4.25. The van der Waals surface area contributed by atoms with Crippen molar-refractivity contribution in [1.29, 1.82) is 0 Å². The number of rotatable bonds is 3. The van der Waals surface area contributed by atoms with Gasteiger partial charge in [-0.05, 0) is 23.9 Å². The second kappa shape index (κ2) is 4.49. The van der Waals surface area contributed by atoms with Gasteiger partial charge in [0.25, 0.3) is 0 Å². The molecule has 7 heteroatoms. The molecular formula is C8H8NO2PS3. The Balaban J connectivity index is 2.19. The van der Waals surface area contributed by atoms with Gasteiger partial charge in [0.05, 0.1) is 16.0 Å². The van der Waals surface area contributed by atoms with Crippen LogP contribution in [0.25, 0.3) is 10.2 Å². The molecule has 2 aromatic rings. The van der Waals surface area contributed by atoms with Crippen molar-refractivity contribution in [2.75, 3.05) is 0 Å². The van der Waals surface area contributed by atoms with Crippen LogP contribution in [0.1, 0.15) is 5.01 Å². The van der Waals surface area contributed by atoms with Crippen LogP contribution < -0.4 is 0 Å². The van der Waals surface area contributed by atoms with E-state index in [1.165, 1.54) is 0 Å². The van der Waals surface area contributed by atoms with E-state index < -0.39 is 5.69 Å². The third-order valence-corrected chi connectivity index (χ3v) is 6.00. The second-order valence-electron chi connectivity index (χ2n) is 2.84. The van der Waals surface area contributed by atoms with Crippen LogP contribution in [0, 0.1) is 0 Å². The van der Waals surface area contributed by atoms with E-state index in [1.54, 1.807) is 11.3 Å². The number of benzene rings is 1. The zero-order valence-corrected chi connectivity index (χ0v) is 10.9. The molecule has 0 aliphatic heterocycles. The monoisotopic (exact) mass is 277 g/mol. The lowest BCUT2D eigenvalue weighted by atomic mass is 10.3. The topological polar surface area (TPSA) is 53.4 Å². The van der Waals surface area contributed by atoms with Crippen LogP contribution in [0.4, 0.5) is 0 Å². The molecule has 15 heavy (non-hydrogen) atoms. The van der Waals surface area contributed by atoms with Gasteiger partial charge in [0.2, 0.25) is 5.69 Å². The highest BCUT2D eigenvalue weighted by Gasteiger charge is 2.10. The van der Waals surface area contributed by atoms with Gasteiger partial charge < -0.3 is 9.79 Å². The normalized spacial score (nSPS) is 12.1. The molecule has 2 N–H and O–H groups in total. The maximum Gasteiger partial charge on any atom is 0.242 e. The first-order chi connectivity index (χ1) is 7.04. The SMILES string of the molecule is OP(O)(=S)SCc1nc2ccccc2s1. The minimum absolute atomic E-state index is 0.462. The predicted octanol–water partition coefficient (Wildman–Crippen LogP) is 2.74. The van der Waals surface area contributed by atoms with Crippen molar-refractivity contribution in [1.82, 2.24) is 4.98 Å². The minimum atomic E-state index is -3.16. The molecule has 0 unspecified atom stereocenters. The van der Waals surface area contributed by atoms with E-state index in [-0.39, 0.29) is 0 Å². The van der Waals surface area contributed by atoms with Crippen LogP contribution in [-0.4, -0.2) is 14.8 Å². The lowest BCUT2D eigenvalue weighted by Gasteiger charge is -2.03. The Morgan fingerprint density at radius 2 is 2.13 bits per heavy atom. The highest BCUT2D eigenvalue weighted by molar-refractivity contribution is 8.67. The molecule has 1 heterocycles. The number of thiazole rings is 1. The number of para-hydroxylation sites is 1. The van der Waals surface area contributed by atoms with E-state index in [9.17, 15) is 0 Å². The van der Waals surface area contributed by atoms with Crippen molar-refractivity contribution >= 4 is 50.4 Å². The Kier molecular flexibility index (Phi) is 3.45. The maximum atomic E-state index is 9.08. The van der Waals surface area contributed by atoms with Crippen LogP contribution in [0.2, 0.25) is 0 Å². The zero-order valence-electron chi connectivity index (χ0n) is 7.53. The van der Waals surface area contributed by atoms with Gasteiger partial charge in [-0.25, -0.2) is 4.98 Å². The molecule has 0 saturated carbocycles. The third-order valence-electron chi connectivity index (χ3n) is 1.69. The summed E-state index contributed by atoms with van der Waals surface area (Å²) in [5, 5.41) is 0.874. The van der Waals surface area contributed by atoms with E-state index in [4.69, 9.17) is 9.79 Å². The van der Waals surface area contributed by atoms with Gasteiger partial charge in [-0.3, -0.25) is 0 Å². The van der Waals surface area contributed by atoms with Crippen molar-refractivity contribution < 1.29 is 9.79 Å². The highest BCUT2D eigenvalue weighted by atomic mass is 32.9. The Morgan fingerprint density at radius 3 is 2.80 bits per heavy atom. The fourth-order valence-electron chi connectivity index (χ4n) is 1.12. The van der Waals surface area contributed by atoms with E-state index in [2.05, 4.69) is 16.8 Å². The van der Waals surface area contributed by atoms with Crippen LogP contribution in [0.5, 0.6) is 0 Å². The van der Waals surface area contributed by atoms with E-state index in [0.717, 1.165) is 26.6 Å². The molecule has 0 fully saturated rings. The largest absolute Gasteiger partial charge is 0.338 e. The second-order valence-corrected chi connectivity index (χ2v) is 10.0. The molecule has 80 valence electrons. The molecule has 2 rings (SSSR count). The summed E-state index contributed by atoms with van der Waals surface area (Å²) < 4.78 is 1.11. The van der Waals surface area contributed by atoms with E-state index in [0.29, 0.717) is 5.75 Å². The molecular weight excluding hydrogens is 269 g/mol. The Morgan fingerprint density at radius 1 is 1.40 bits per heavy atom. The van der Waals surface area contributed by atoms with Gasteiger partial charge >= 0.3 is 0 Å². The summed E-state index contributed by atoms with van der Waals surface area (Å²) in [6.45, 7) is 0. The molecule has 3 nitrogen and oxygen atoms in total. The van der Waals surface area contributed by atoms with E-state index >= 15 is 0 Å². The van der Waals surface area contributed by atoms with Crippen molar-refractivity contribution in [2.45, 2.75) is 5.75 Å². The van der Waals surface area contributed by atoms with Gasteiger partial charge in [-0.15, -0.1) is 11.3 Å². The average Bonchev–Trinajstić information content (AvgIpc) is 2.56. The predicted molar refractivity (Wildman–Crippen MR) is 69.6 cm³/mol. The zero-order chi connectivity index (χ0) is 10.9. The summed E-state index contributed by atoms with van der Waals surface area (Å²) in [7, 11) is 0. The lowest BCUT2D eigenvalue weighted by Crippen LogP contribution is -1.77. The summed E-state index contributed by atoms with van der Waals surface area (Å²) in [6, 6.07) is 7.82. The number of hydrogen-bond donors (Lipinski definition) is 2. The molecule has 0 saturated heterocycles. The quantitative estimate of drug-likeness (QED) is 0.845. The Labute approximate surface area is 100 Å². The molecule has 0 amide bonds. The Bertz CT molecular complexity index is 488. The van der Waals surface area contributed by atoms with Crippen molar-refractivity contribution in [3.8, 4) is 0 Å². The van der Waals surface area contributed by atoms with Crippen LogP contribution in [-0.2, 0) is 17.6 Å². The van der Waals surface area contributed by atoms with E-state index in [1.807, 2.05) is 24.3 Å². The number of hydrogen-bond acceptors (Lipinski definition) is 4. The summed E-state index contributed by atoms with van der Waals surface area (Å²) in [5.41, 5.74) is -2.21. The van der Waals surface area contributed by atoms with Crippen molar-refractivity contribution in [3.63, 3.8) is 0 Å². The van der Waals surface area contributed by atoms with Crippen molar-refractivity contribution in [3.05, 3.63) is 29.3 Å². The third kappa shape index (κ3) is 3.24. The molecule has 1 aromatic carbocycles. The minimum Gasteiger partial charge on any atom is -0.338 e. The van der Waals surface area contributed by atoms with Crippen molar-refractivity contribution in [2.24, 2.45) is 0 Å². The first-order valence-electron chi connectivity index (χ1n) is 4.09. The van der Waals surface area contributed by atoms with Gasteiger partial charge in [-0.1, -0.05) is 23.5 Å². The lowest BCUT2D eigenvalue weighted by molar-refractivity contribution is 0.502. The summed E-state index contributed by atoms with van der Waals surface area (Å²) in [4.78, 5) is 22.5. The summed E-state index contributed by atoms with van der Waals surface area (Å²) in [6.07, 6.45) is 0. The maximum absolute atomic E-state index is 9.08. The van der Waals surface area contributed by atoms with Gasteiger partial charge in [-0.2, -0.15) is 0 Å².